The average molecular weight is 446 g/mol. The highest BCUT2D eigenvalue weighted by Gasteiger charge is 2.20. The number of carboxylic acids is 1. The van der Waals surface area contributed by atoms with Crippen LogP contribution in [-0.4, -0.2) is 49.1 Å². The van der Waals surface area contributed by atoms with E-state index in [-0.39, 0.29) is 23.7 Å². The lowest BCUT2D eigenvalue weighted by Gasteiger charge is -2.18. The molecule has 1 saturated carbocycles. The second kappa shape index (κ2) is 8.73. The maximum atomic E-state index is 12.4. The van der Waals surface area contributed by atoms with E-state index in [4.69, 9.17) is 9.84 Å². The fourth-order valence-electron chi connectivity index (χ4n) is 4.05. The summed E-state index contributed by atoms with van der Waals surface area (Å²) in [5, 5.41) is 21.9. The summed E-state index contributed by atoms with van der Waals surface area (Å²) in [5.74, 6) is 0.0659. The fourth-order valence-corrected chi connectivity index (χ4v) is 4.05. The molecule has 1 aliphatic carbocycles. The van der Waals surface area contributed by atoms with E-state index in [0.717, 1.165) is 36.8 Å². The maximum absolute atomic E-state index is 12.4. The van der Waals surface area contributed by atoms with Gasteiger partial charge >= 0.3 is 5.97 Å². The Balaban J connectivity index is 1.55. The van der Waals surface area contributed by atoms with Crippen molar-refractivity contribution in [3.8, 4) is 28.3 Å². The molecule has 4 N–H and O–H groups in total. The molecule has 0 radical (unpaired) electrons. The molecule has 0 saturated heterocycles. The number of rotatable bonds is 7. The number of carbonyl (C=O) groups is 1. The number of aromatic nitrogens is 5. The number of anilines is 1. The second-order valence-corrected chi connectivity index (χ2v) is 7.99. The predicted octanol–water partition coefficient (Wildman–Crippen LogP) is 3.19. The lowest BCUT2D eigenvalue weighted by molar-refractivity contribution is -0.134. The Morgan fingerprint density at radius 3 is 2.79 bits per heavy atom. The third kappa shape index (κ3) is 4.40. The van der Waals surface area contributed by atoms with E-state index in [1.54, 1.807) is 0 Å². The zero-order valence-electron chi connectivity index (χ0n) is 17.7. The Hall–Kier alpha value is -4.21. The molecule has 0 spiro atoms. The zero-order valence-corrected chi connectivity index (χ0v) is 17.7. The van der Waals surface area contributed by atoms with Crippen LogP contribution in [0.15, 0.2) is 47.3 Å². The maximum Gasteiger partial charge on any atom is 0.322 e. The molecular weight excluding hydrogens is 424 g/mol. The van der Waals surface area contributed by atoms with Crippen molar-refractivity contribution in [2.45, 2.75) is 31.8 Å². The van der Waals surface area contributed by atoms with Gasteiger partial charge in [0.2, 0.25) is 0 Å². The van der Waals surface area contributed by atoms with Crippen LogP contribution >= 0.6 is 0 Å². The van der Waals surface area contributed by atoms with E-state index in [1.165, 1.54) is 0 Å². The summed E-state index contributed by atoms with van der Waals surface area (Å²) in [6.45, 7) is -0.164. The SMILES string of the molecule is O=C(O)CNc1cccc(-c2ccc(-c3nc4[nH]nnc4c(=O)[nH]3)c(OC3CCCC3)c2)c1. The van der Waals surface area contributed by atoms with E-state index in [9.17, 15) is 9.59 Å². The summed E-state index contributed by atoms with van der Waals surface area (Å²) in [4.78, 5) is 30.6. The summed E-state index contributed by atoms with van der Waals surface area (Å²) < 4.78 is 6.37. The number of hydrogen-bond acceptors (Lipinski definition) is 7. The van der Waals surface area contributed by atoms with Crippen LogP contribution < -0.4 is 15.6 Å². The smallest absolute Gasteiger partial charge is 0.322 e. The minimum atomic E-state index is -0.928. The van der Waals surface area contributed by atoms with E-state index in [2.05, 4.69) is 30.7 Å². The van der Waals surface area contributed by atoms with Gasteiger partial charge in [0.15, 0.2) is 11.2 Å². The van der Waals surface area contributed by atoms with Crippen molar-refractivity contribution in [2.24, 2.45) is 0 Å². The molecule has 2 heterocycles. The number of nitrogens with one attached hydrogen (secondary N) is 3. The fraction of sp³-hybridized carbons (Fsp3) is 0.261. The lowest BCUT2D eigenvalue weighted by Crippen LogP contribution is -2.13. The van der Waals surface area contributed by atoms with Gasteiger partial charge < -0.3 is 20.1 Å². The van der Waals surface area contributed by atoms with Crippen molar-refractivity contribution < 1.29 is 14.6 Å². The Labute approximate surface area is 188 Å². The Bertz CT molecular complexity index is 1370. The first kappa shape index (κ1) is 20.7. The van der Waals surface area contributed by atoms with Crippen LogP contribution in [0.5, 0.6) is 5.75 Å². The molecule has 5 rings (SSSR count). The van der Waals surface area contributed by atoms with Crippen LogP contribution in [0.4, 0.5) is 5.69 Å². The highest BCUT2D eigenvalue weighted by Crippen LogP contribution is 2.36. The predicted molar refractivity (Wildman–Crippen MR) is 122 cm³/mol. The van der Waals surface area contributed by atoms with Gasteiger partial charge in [-0.15, -0.1) is 5.10 Å². The molecule has 0 bridgehead atoms. The number of carboxylic acid groups (broad SMARTS) is 1. The molecule has 0 atom stereocenters. The van der Waals surface area contributed by atoms with E-state index >= 15 is 0 Å². The van der Waals surface area contributed by atoms with Gasteiger partial charge in [0.1, 0.15) is 18.1 Å². The third-order valence-corrected chi connectivity index (χ3v) is 5.67. The Morgan fingerprint density at radius 2 is 1.97 bits per heavy atom. The van der Waals surface area contributed by atoms with Crippen molar-refractivity contribution in [1.82, 2.24) is 25.4 Å². The minimum absolute atomic E-state index is 0.104. The number of nitrogens with zero attached hydrogens (tertiary/aromatic N) is 3. The minimum Gasteiger partial charge on any atom is -0.490 e. The van der Waals surface area contributed by atoms with Gasteiger partial charge in [-0.2, -0.15) is 0 Å². The number of hydrogen-bond donors (Lipinski definition) is 4. The van der Waals surface area contributed by atoms with Crippen molar-refractivity contribution in [2.75, 3.05) is 11.9 Å². The third-order valence-electron chi connectivity index (χ3n) is 5.67. The molecule has 0 aliphatic heterocycles. The van der Waals surface area contributed by atoms with Crippen LogP contribution in [0.25, 0.3) is 33.7 Å². The van der Waals surface area contributed by atoms with Crippen LogP contribution in [0.3, 0.4) is 0 Å². The summed E-state index contributed by atoms with van der Waals surface area (Å²) in [6, 6.07) is 13.2. The van der Waals surface area contributed by atoms with Crippen molar-refractivity contribution in [3.05, 3.63) is 52.8 Å². The van der Waals surface area contributed by atoms with Gasteiger partial charge in [-0.25, -0.2) is 10.1 Å². The van der Waals surface area contributed by atoms with Gasteiger partial charge in [0.25, 0.3) is 5.56 Å². The van der Waals surface area contributed by atoms with Gasteiger partial charge in [-0.05, 0) is 61.1 Å². The first-order valence-corrected chi connectivity index (χ1v) is 10.7. The topological polar surface area (TPSA) is 146 Å². The van der Waals surface area contributed by atoms with Crippen LogP contribution in [-0.2, 0) is 4.79 Å². The number of benzene rings is 2. The highest BCUT2D eigenvalue weighted by atomic mass is 16.5. The van der Waals surface area contributed by atoms with Gasteiger partial charge in [0.05, 0.1) is 11.7 Å². The van der Waals surface area contributed by atoms with E-state index < -0.39 is 5.97 Å². The molecule has 4 aromatic rings. The number of aliphatic carboxylic acids is 1. The zero-order chi connectivity index (χ0) is 22.8. The molecule has 1 fully saturated rings. The number of aromatic amines is 2. The number of fused-ring (bicyclic) bond motifs is 1. The lowest BCUT2D eigenvalue weighted by atomic mass is 10.0. The first-order valence-electron chi connectivity index (χ1n) is 10.7. The quantitative estimate of drug-likeness (QED) is 0.339. The molecule has 168 valence electrons. The molecule has 2 aromatic carbocycles. The molecule has 10 heteroatoms. The summed E-state index contributed by atoms with van der Waals surface area (Å²) >= 11 is 0. The molecule has 2 aromatic heterocycles. The largest absolute Gasteiger partial charge is 0.490 e. The second-order valence-electron chi connectivity index (χ2n) is 7.99. The monoisotopic (exact) mass is 446 g/mol. The first-order chi connectivity index (χ1) is 16.1. The van der Waals surface area contributed by atoms with Crippen molar-refractivity contribution >= 4 is 22.8 Å². The highest BCUT2D eigenvalue weighted by molar-refractivity contribution is 5.78. The molecular formula is C23H22N6O4. The molecule has 0 unspecified atom stereocenters. The molecule has 10 nitrogen and oxygen atoms in total. The van der Waals surface area contributed by atoms with Crippen LogP contribution in [0.2, 0.25) is 0 Å². The average Bonchev–Trinajstić information content (AvgIpc) is 3.50. The van der Waals surface area contributed by atoms with Crippen LogP contribution in [0, 0.1) is 0 Å². The van der Waals surface area contributed by atoms with E-state index in [1.807, 2.05) is 42.5 Å². The van der Waals surface area contributed by atoms with Gasteiger partial charge in [0, 0.05) is 5.69 Å². The summed E-state index contributed by atoms with van der Waals surface area (Å²) in [7, 11) is 0. The molecule has 33 heavy (non-hydrogen) atoms. The summed E-state index contributed by atoms with van der Waals surface area (Å²) in [5.41, 5.74) is 3.26. The standard InChI is InChI=1S/C23H22N6O4/c30-19(31)12-24-15-5-3-4-13(10-15)14-8-9-17(18(11-14)33-16-6-1-2-7-16)21-25-22-20(23(32)26-21)27-29-28-22/h3-5,8-11,16,24H,1-2,6-7,12H2,(H,30,31)(H2,25,26,27,28,29,32). The van der Waals surface area contributed by atoms with Crippen molar-refractivity contribution in [1.29, 1.82) is 0 Å². The molecule has 0 amide bonds. The number of H-pyrrole nitrogens is 2. The van der Waals surface area contributed by atoms with Crippen molar-refractivity contribution in [3.63, 3.8) is 0 Å². The normalized spacial score (nSPS) is 13.9. The van der Waals surface area contributed by atoms with Gasteiger partial charge in [-0.3, -0.25) is 9.59 Å². The van der Waals surface area contributed by atoms with Crippen LogP contribution in [0.1, 0.15) is 25.7 Å². The molecule has 1 aliphatic rings. The number of ether oxygens (including phenoxy) is 1. The Morgan fingerprint density at radius 1 is 1.15 bits per heavy atom. The van der Waals surface area contributed by atoms with E-state index in [0.29, 0.717) is 28.5 Å². The van der Waals surface area contributed by atoms with Gasteiger partial charge in [-0.1, -0.05) is 23.4 Å². The Kier molecular flexibility index (Phi) is 5.47. The summed E-state index contributed by atoms with van der Waals surface area (Å²) in [6.07, 6.45) is 4.31.